The molecule has 0 spiro atoms. The van der Waals surface area contributed by atoms with E-state index in [2.05, 4.69) is 10.1 Å². The number of aromatic nitrogens is 3. The molecule has 3 N–H and O–H groups in total. The van der Waals surface area contributed by atoms with Crippen LogP contribution in [-0.2, 0) is 0 Å². The summed E-state index contributed by atoms with van der Waals surface area (Å²) in [5.74, 6) is -0.494. The van der Waals surface area contributed by atoms with Gasteiger partial charge in [0, 0.05) is 18.5 Å². The van der Waals surface area contributed by atoms with Crippen LogP contribution in [0.3, 0.4) is 0 Å². The number of oxazole rings is 1. The molecule has 0 aliphatic rings. The van der Waals surface area contributed by atoms with Crippen LogP contribution >= 0.6 is 0 Å². The van der Waals surface area contributed by atoms with Gasteiger partial charge in [0.2, 0.25) is 0 Å². The number of fused-ring (bicyclic) bond motifs is 1. The second-order valence-corrected chi connectivity index (χ2v) is 3.37. The van der Waals surface area contributed by atoms with Crippen molar-refractivity contribution in [3.05, 3.63) is 41.1 Å². The Hall–Kier alpha value is -2.50. The van der Waals surface area contributed by atoms with E-state index in [4.69, 9.17) is 10.2 Å². The van der Waals surface area contributed by atoms with Gasteiger partial charge in [-0.25, -0.2) is 9.48 Å². The number of nitrogens with zero attached hydrogens (tertiary/aromatic N) is 2. The average Bonchev–Trinajstić information content (AvgIpc) is 2.83. The van der Waals surface area contributed by atoms with E-state index in [1.165, 1.54) is 0 Å². The van der Waals surface area contributed by atoms with Crippen LogP contribution in [0.25, 0.3) is 16.8 Å². The molecule has 0 fully saturated rings. The maximum atomic E-state index is 11.0. The summed E-state index contributed by atoms with van der Waals surface area (Å²) in [6.07, 6.45) is 3.43. The molecular formula is C10H8N4O2. The van der Waals surface area contributed by atoms with Crippen molar-refractivity contribution in [2.75, 3.05) is 5.73 Å². The molecule has 6 heteroatoms. The SMILES string of the molecule is Nc1cc2oc(=O)[nH]c2cc1-n1cccn1. The predicted molar refractivity (Wildman–Crippen MR) is 58.4 cm³/mol. The van der Waals surface area contributed by atoms with Crippen molar-refractivity contribution in [3.8, 4) is 5.69 Å². The van der Waals surface area contributed by atoms with E-state index < -0.39 is 5.76 Å². The van der Waals surface area contributed by atoms with Gasteiger partial charge < -0.3 is 10.2 Å². The lowest BCUT2D eigenvalue weighted by atomic mass is 10.2. The first-order valence-electron chi connectivity index (χ1n) is 4.66. The highest BCUT2D eigenvalue weighted by Gasteiger charge is 2.08. The van der Waals surface area contributed by atoms with Crippen molar-refractivity contribution in [1.29, 1.82) is 0 Å². The summed E-state index contributed by atoms with van der Waals surface area (Å²) in [4.78, 5) is 13.6. The lowest BCUT2D eigenvalue weighted by Gasteiger charge is -2.04. The summed E-state index contributed by atoms with van der Waals surface area (Å²) in [5.41, 5.74) is 8.10. The normalized spacial score (nSPS) is 11.0. The maximum Gasteiger partial charge on any atom is 0.417 e. The number of aromatic amines is 1. The summed E-state index contributed by atoms with van der Waals surface area (Å²) in [7, 11) is 0. The van der Waals surface area contributed by atoms with E-state index in [1.807, 2.05) is 0 Å². The quantitative estimate of drug-likeness (QED) is 0.591. The van der Waals surface area contributed by atoms with Crippen molar-refractivity contribution >= 4 is 16.8 Å². The fourth-order valence-corrected chi connectivity index (χ4v) is 1.61. The van der Waals surface area contributed by atoms with Crippen molar-refractivity contribution in [1.82, 2.24) is 14.8 Å². The van der Waals surface area contributed by atoms with Crippen molar-refractivity contribution < 1.29 is 4.42 Å². The van der Waals surface area contributed by atoms with Crippen LogP contribution in [0.4, 0.5) is 5.69 Å². The number of nitrogens with two attached hydrogens (primary N) is 1. The molecule has 6 nitrogen and oxygen atoms in total. The highest BCUT2D eigenvalue weighted by atomic mass is 16.4. The van der Waals surface area contributed by atoms with Gasteiger partial charge in [-0.05, 0) is 12.1 Å². The molecule has 0 unspecified atom stereocenters. The Morgan fingerprint density at radius 1 is 1.44 bits per heavy atom. The number of benzene rings is 1. The van der Waals surface area contributed by atoms with Gasteiger partial charge in [0.15, 0.2) is 5.58 Å². The third-order valence-electron chi connectivity index (χ3n) is 2.32. The zero-order valence-electron chi connectivity index (χ0n) is 8.18. The monoisotopic (exact) mass is 216 g/mol. The lowest BCUT2D eigenvalue weighted by Crippen LogP contribution is -2.00. The van der Waals surface area contributed by atoms with E-state index >= 15 is 0 Å². The first-order valence-corrected chi connectivity index (χ1v) is 4.66. The molecule has 0 atom stereocenters. The Kier molecular flexibility index (Phi) is 1.64. The molecule has 3 aromatic rings. The molecule has 2 heterocycles. The smallest absolute Gasteiger partial charge is 0.408 e. The van der Waals surface area contributed by atoms with Crippen LogP contribution in [0.2, 0.25) is 0 Å². The third-order valence-corrected chi connectivity index (χ3v) is 2.32. The van der Waals surface area contributed by atoms with Gasteiger partial charge in [0.25, 0.3) is 0 Å². The lowest BCUT2D eigenvalue weighted by molar-refractivity contribution is 0.555. The maximum absolute atomic E-state index is 11.0. The average molecular weight is 216 g/mol. The molecule has 0 radical (unpaired) electrons. The number of hydrogen-bond acceptors (Lipinski definition) is 4. The van der Waals surface area contributed by atoms with Gasteiger partial charge >= 0.3 is 5.76 Å². The second-order valence-electron chi connectivity index (χ2n) is 3.37. The molecule has 0 saturated carbocycles. The summed E-state index contributed by atoms with van der Waals surface area (Å²) in [6.45, 7) is 0. The summed E-state index contributed by atoms with van der Waals surface area (Å²) in [5, 5.41) is 4.07. The summed E-state index contributed by atoms with van der Waals surface area (Å²) >= 11 is 0. The summed E-state index contributed by atoms with van der Waals surface area (Å²) in [6, 6.07) is 5.12. The van der Waals surface area contributed by atoms with Crippen LogP contribution in [-0.4, -0.2) is 14.8 Å². The zero-order valence-corrected chi connectivity index (χ0v) is 8.18. The largest absolute Gasteiger partial charge is 0.417 e. The number of anilines is 1. The van der Waals surface area contributed by atoms with Crippen molar-refractivity contribution in [2.24, 2.45) is 0 Å². The minimum atomic E-state index is -0.494. The van der Waals surface area contributed by atoms with Gasteiger partial charge in [0.1, 0.15) is 0 Å². The molecule has 3 rings (SSSR count). The molecule has 1 aromatic carbocycles. The molecule has 0 bridgehead atoms. The van der Waals surface area contributed by atoms with Gasteiger partial charge in [0.05, 0.1) is 16.9 Å². The fourth-order valence-electron chi connectivity index (χ4n) is 1.61. The Morgan fingerprint density at radius 2 is 2.31 bits per heavy atom. The number of nitrogen functional groups attached to an aromatic ring is 1. The Balaban J connectivity index is 2.33. The number of nitrogens with one attached hydrogen (secondary N) is 1. The van der Waals surface area contributed by atoms with Crippen LogP contribution in [0.1, 0.15) is 0 Å². The summed E-state index contributed by atoms with van der Waals surface area (Å²) < 4.78 is 6.53. The minimum Gasteiger partial charge on any atom is -0.408 e. The zero-order chi connectivity index (χ0) is 11.1. The van der Waals surface area contributed by atoms with Crippen LogP contribution in [0, 0.1) is 0 Å². The first kappa shape index (κ1) is 8.78. The Morgan fingerprint density at radius 3 is 3.06 bits per heavy atom. The molecule has 0 saturated heterocycles. The molecule has 2 aromatic heterocycles. The molecule has 0 aliphatic heterocycles. The molecule has 16 heavy (non-hydrogen) atoms. The molecule has 0 amide bonds. The highest BCUT2D eigenvalue weighted by molar-refractivity contribution is 5.81. The molecule has 0 aliphatic carbocycles. The van der Waals surface area contributed by atoms with Gasteiger partial charge in [-0.1, -0.05) is 0 Å². The molecule has 80 valence electrons. The van der Waals surface area contributed by atoms with E-state index in [1.54, 1.807) is 35.3 Å². The van der Waals surface area contributed by atoms with Gasteiger partial charge in [-0.2, -0.15) is 5.10 Å². The third kappa shape index (κ3) is 1.20. The van der Waals surface area contributed by atoms with Crippen LogP contribution < -0.4 is 11.5 Å². The van der Waals surface area contributed by atoms with Crippen LogP contribution in [0.5, 0.6) is 0 Å². The predicted octanol–water partition coefficient (Wildman–Crippen LogP) is 0.889. The van der Waals surface area contributed by atoms with E-state index in [0.29, 0.717) is 22.5 Å². The van der Waals surface area contributed by atoms with Crippen molar-refractivity contribution in [2.45, 2.75) is 0 Å². The Labute approximate surface area is 89.3 Å². The van der Waals surface area contributed by atoms with E-state index in [0.717, 1.165) is 0 Å². The number of hydrogen-bond donors (Lipinski definition) is 2. The highest BCUT2D eigenvalue weighted by Crippen LogP contribution is 2.22. The van der Waals surface area contributed by atoms with E-state index in [9.17, 15) is 4.79 Å². The topological polar surface area (TPSA) is 89.8 Å². The van der Waals surface area contributed by atoms with Gasteiger partial charge in [-0.15, -0.1) is 0 Å². The second kappa shape index (κ2) is 2.99. The molecular weight excluding hydrogens is 208 g/mol. The van der Waals surface area contributed by atoms with Crippen LogP contribution in [0.15, 0.2) is 39.8 Å². The standard InChI is InChI=1S/C10H8N4O2/c11-6-4-9-7(13-10(15)16-9)5-8(6)14-3-1-2-12-14/h1-5H,11H2,(H,13,15). The minimum absolute atomic E-state index is 0.443. The number of H-pyrrole nitrogens is 1. The van der Waals surface area contributed by atoms with Crippen molar-refractivity contribution in [3.63, 3.8) is 0 Å². The van der Waals surface area contributed by atoms with Gasteiger partial charge in [-0.3, -0.25) is 4.98 Å². The number of rotatable bonds is 1. The first-order chi connectivity index (χ1) is 7.74. The Bertz CT molecular complexity index is 693. The van der Waals surface area contributed by atoms with E-state index in [-0.39, 0.29) is 0 Å². The fraction of sp³-hybridized carbons (Fsp3) is 0.